The predicted octanol–water partition coefficient (Wildman–Crippen LogP) is 2.66. The van der Waals surface area contributed by atoms with E-state index in [9.17, 15) is 33.1 Å². The van der Waals surface area contributed by atoms with Crippen LogP contribution in [0.4, 0.5) is 8.78 Å². The lowest BCUT2D eigenvalue weighted by Gasteiger charge is -2.21. The summed E-state index contributed by atoms with van der Waals surface area (Å²) in [6, 6.07) is 13.5. The van der Waals surface area contributed by atoms with Crippen molar-refractivity contribution in [2.75, 3.05) is 6.61 Å². The van der Waals surface area contributed by atoms with Gasteiger partial charge in [0.05, 0.1) is 25.3 Å². The molecule has 0 amide bonds. The Morgan fingerprint density at radius 1 is 1.13 bits per heavy atom. The lowest BCUT2D eigenvalue weighted by Crippen LogP contribution is -2.42. The number of furan rings is 1. The number of nitrogens with zero attached hydrogens (tertiary/aromatic N) is 2. The van der Waals surface area contributed by atoms with E-state index in [1.807, 2.05) is 25.1 Å². The Morgan fingerprint density at radius 3 is 2.54 bits per heavy atom. The van der Waals surface area contributed by atoms with Crippen LogP contribution in [-0.4, -0.2) is 60.3 Å². The van der Waals surface area contributed by atoms with E-state index in [2.05, 4.69) is 9.51 Å². The monoisotopic (exact) mass is 666 g/mol. The summed E-state index contributed by atoms with van der Waals surface area (Å²) in [5, 5.41) is 20.3. The number of aryl methyl sites for hydroxylation is 1. The highest BCUT2D eigenvalue weighted by Crippen LogP contribution is 2.44. The molecule has 246 valence electrons. The molecule has 3 heterocycles. The summed E-state index contributed by atoms with van der Waals surface area (Å²) in [6.45, 7) is 0.760. The van der Waals surface area contributed by atoms with Gasteiger partial charge in [-0.15, -0.1) is 0 Å². The van der Waals surface area contributed by atoms with E-state index in [0.717, 1.165) is 23.2 Å². The van der Waals surface area contributed by atoms with Crippen LogP contribution < -0.4 is 10.4 Å². The van der Waals surface area contributed by atoms with Crippen molar-refractivity contribution in [1.82, 2.24) is 9.55 Å². The molecule has 0 bridgehead atoms. The molecule has 4 N–H and O–H groups in total. The van der Waals surface area contributed by atoms with Crippen molar-refractivity contribution in [2.24, 2.45) is 0 Å². The van der Waals surface area contributed by atoms with Gasteiger partial charge in [0.2, 0.25) is 6.23 Å². The number of rotatable bonds is 12. The first-order valence-electron chi connectivity index (χ1n) is 13.7. The highest BCUT2D eigenvalue weighted by Gasteiger charge is 2.60. The van der Waals surface area contributed by atoms with Gasteiger partial charge in [0, 0.05) is 17.1 Å². The number of esters is 1. The van der Waals surface area contributed by atoms with Gasteiger partial charge in [0.25, 0.3) is 0 Å². The molecule has 14 nitrogen and oxygen atoms in total. The summed E-state index contributed by atoms with van der Waals surface area (Å²) >= 11 is 0. The highest BCUT2D eigenvalue weighted by atomic mass is 31.2. The van der Waals surface area contributed by atoms with Crippen LogP contribution in [0.15, 0.2) is 63.9 Å². The SMILES string of the molecule is Cc1cc(CO)c2oc(COc3ccc(COC(=O)Cc4ccn([C@@H]5O[C@H](COP(=O)(O)O)[C@@H](O)C5(F)F)c(=O)n4)cc3)cc2c1. The first-order valence-corrected chi connectivity index (χ1v) is 15.3. The van der Waals surface area contributed by atoms with Crippen molar-refractivity contribution in [3.05, 3.63) is 93.4 Å². The molecule has 1 aliphatic heterocycles. The molecular formula is C29H29F2N2O12P. The standard InChI is InChI=1S/C29H29F2N2O12P/c1-16-8-18-10-22(44-25(18)19(9-16)12-34)14-41-21-4-2-17(3-5-21)13-42-24(35)11-20-6-7-33(28(37)32-20)27-29(30,31)26(36)23(45-27)15-43-46(38,39)40/h2-10,23,26-27,34,36H,11-15H2,1H3,(H2,38,39,40)/t23-,26-,27-/m1/s1. The van der Waals surface area contributed by atoms with Crippen molar-refractivity contribution >= 4 is 24.8 Å². The quantitative estimate of drug-likeness (QED) is 0.127. The van der Waals surface area contributed by atoms with Crippen LogP contribution >= 0.6 is 7.82 Å². The Kier molecular flexibility index (Phi) is 9.70. The van der Waals surface area contributed by atoms with Gasteiger partial charge in [-0.1, -0.05) is 18.2 Å². The zero-order valence-corrected chi connectivity index (χ0v) is 25.0. The fourth-order valence-electron chi connectivity index (χ4n) is 4.83. The molecule has 0 unspecified atom stereocenters. The van der Waals surface area contributed by atoms with Crippen LogP contribution in [0.3, 0.4) is 0 Å². The van der Waals surface area contributed by atoms with Crippen LogP contribution in [0.1, 0.15) is 34.4 Å². The lowest BCUT2D eigenvalue weighted by atomic mass is 10.1. The fraction of sp³-hybridized carbons (Fsp3) is 0.345. The maximum absolute atomic E-state index is 14.6. The van der Waals surface area contributed by atoms with E-state index in [4.69, 9.17) is 28.4 Å². The van der Waals surface area contributed by atoms with Crippen LogP contribution in [0.2, 0.25) is 0 Å². The summed E-state index contributed by atoms with van der Waals surface area (Å²) < 4.78 is 66.5. The van der Waals surface area contributed by atoms with Crippen LogP contribution in [0.5, 0.6) is 5.75 Å². The van der Waals surface area contributed by atoms with Crippen LogP contribution in [0.25, 0.3) is 11.0 Å². The molecule has 0 saturated carbocycles. The average Bonchev–Trinajstić information content (AvgIpc) is 3.51. The lowest BCUT2D eigenvalue weighted by molar-refractivity contribution is -0.144. The number of fused-ring (bicyclic) bond motifs is 1. The number of hydrogen-bond donors (Lipinski definition) is 4. The number of alkyl halides is 2. The minimum atomic E-state index is -5.03. The van der Waals surface area contributed by atoms with E-state index < -0.39 is 56.9 Å². The second-order valence-corrected chi connectivity index (χ2v) is 11.8. The third-order valence-electron chi connectivity index (χ3n) is 7.02. The zero-order valence-electron chi connectivity index (χ0n) is 24.1. The smallest absolute Gasteiger partial charge is 0.469 e. The van der Waals surface area contributed by atoms with Gasteiger partial charge in [-0.25, -0.2) is 9.36 Å². The summed E-state index contributed by atoms with van der Waals surface area (Å²) in [6.07, 6.45) is -6.28. The highest BCUT2D eigenvalue weighted by molar-refractivity contribution is 7.46. The number of halogens is 2. The number of aliphatic hydroxyl groups excluding tert-OH is 2. The molecule has 17 heteroatoms. The normalized spacial score (nSPS) is 19.4. The molecule has 46 heavy (non-hydrogen) atoms. The summed E-state index contributed by atoms with van der Waals surface area (Å²) in [4.78, 5) is 46.0. The number of hydrogen-bond acceptors (Lipinski definition) is 11. The molecular weight excluding hydrogens is 637 g/mol. The van der Waals surface area contributed by atoms with Gasteiger partial charge in [-0.3, -0.25) is 13.9 Å². The van der Waals surface area contributed by atoms with Crippen molar-refractivity contribution in [3.63, 3.8) is 0 Å². The molecule has 3 atom stereocenters. The van der Waals surface area contributed by atoms with Crippen molar-refractivity contribution in [3.8, 4) is 5.75 Å². The number of benzene rings is 2. The molecule has 2 aromatic carbocycles. The molecule has 0 radical (unpaired) electrons. The van der Waals surface area contributed by atoms with Crippen molar-refractivity contribution in [1.29, 1.82) is 0 Å². The zero-order chi connectivity index (χ0) is 33.2. The first-order chi connectivity index (χ1) is 21.7. The summed E-state index contributed by atoms with van der Waals surface area (Å²) in [5.41, 5.74) is 1.62. The number of phosphoric acid groups is 1. The van der Waals surface area contributed by atoms with Gasteiger partial charge in [0.15, 0.2) is 6.10 Å². The van der Waals surface area contributed by atoms with E-state index in [-0.39, 0.29) is 25.5 Å². The third kappa shape index (κ3) is 7.67. The minimum Gasteiger partial charge on any atom is -0.486 e. The number of carbonyl (C=O) groups is 1. The molecule has 0 aliphatic carbocycles. The van der Waals surface area contributed by atoms with Crippen LogP contribution in [0, 0.1) is 6.92 Å². The van der Waals surface area contributed by atoms with Gasteiger partial charge in [-0.2, -0.15) is 13.8 Å². The molecule has 2 aromatic heterocycles. The number of carbonyl (C=O) groups excluding carboxylic acids is 1. The maximum Gasteiger partial charge on any atom is 0.469 e. The number of aliphatic hydroxyl groups is 2. The van der Waals surface area contributed by atoms with Gasteiger partial charge in [-0.05, 0) is 48.4 Å². The van der Waals surface area contributed by atoms with Crippen molar-refractivity contribution < 1.29 is 61.3 Å². The van der Waals surface area contributed by atoms with E-state index in [1.54, 1.807) is 24.3 Å². The first kappa shape index (κ1) is 33.3. The van der Waals surface area contributed by atoms with E-state index in [1.165, 1.54) is 0 Å². The molecule has 4 aromatic rings. The minimum absolute atomic E-state index is 0.0786. The van der Waals surface area contributed by atoms with Crippen LogP contribution in [-0.2, 0) is 49.6 Å². The third-order valence-corrected chi connectivity index (χ3v) is 7.50. The topological polar surface area (TPSA) is 200 Å². The van der Waals surface area contributed by atoms with Crippen molar-refractivity contribution in [2.45, 2.75) is 57.5 Å². The van der Waals surface area contributed by atoms with E-state index in [0.29, 0.717) is 32.8 Å². The maximum atomic E-state index is 14.6. The Labute approximate surface area is 259 Å². The average molecular weight is 667 g/mol. The fourth-order valence-corrected chi connectivity index (χ4v) is 5.17. The molecule has 5 rings (SSSR count). The van der Waals surface area contributed by atoms with E-state index >= 15 is 0 Å². The molecule has 1 fully saturated rings. The summed E-state index contributed by atoms with van der Waals surface area (Å²) in [7, 11) is -5.03. The molecule has 1 aliphatic rings. The Hall–Kier alpha value is -4.02. The number of phosphoric ester groups is 1. The molecule has 1 saturated heterocycles. The second kappa shape index (κ2) is 13.4. The largest absolute Gasteiger partial charge is 0.486 e. The number of ether oxygens (including phenoxy) is 3. The predicted molar refractivity (Wildman–Crippen MR) is 153 cm³/mol. The Balaban J connectivity index is 1.12. The second-order valence-electron chi connectivity index (χ2n) is 10.5. The van der Waals surface area contributed by atoms with Gasteiger partial charge in [0.1, 0.15) is 36.4 Å². The van der Waals surface area contributed by atoms with Gasteiger partial charge < -0.3 is 38.6 Å². The summed E-state index contributed by atoms with van der Waals surface area (Å²) in [5.74, 6) is -3.68. The Bertz CT molecular complexity index is 1820. The molecule has 0 spiro atoms. The Morgan fingerprint density at radius 2 is 1.87 bits per heavy atom. The van der Waals surface area contributed by atoms with Gasteiger partial charge >= 0.3 is 25.4 Å². The number of aromatic nitrogens is 2.